The smallest absolute Gasteiger partial charge is 0.214 e. The summed E-state index contributed by atoms with van der Waals surface area (Å²) < 4.78 is 21.1. The van der Waals surface area contributed by atoms with Crippen LogP contribution in [0.3, 0.4) is 0 Å². The Kier molecular flexibility index (Phi) is 5.90. The summed E-state index contributed by atoms with van der Waals surface area (Å²) in [7, 11) is 0. The minimum atomic E-state index is -0.199. The number of halogens is 1. The van der Waals surface area contributed by atoms with Crippen molar-refractivity contribution in [2.45, 2.75) is 31.5 Å². The van der Waals surface area contributed by atoms with Crippen LogP contribution in [-0.2, 0) is 11.3 Å². The van der Waals surface area contributed by atoms with Gasteiger partial charge < -0.3 is 14.5 Å². The van der Waals surface area contributed by atoms with Gasteiger partial charge in [-0.05, 0) is 47.5 Å². The zero-order chi connectivity index (χ0) is 21.0. The summed E-state index contributed by atoms with van der Waals surface area (Å²) in [6.45, 7) is 5.21. The molecule has 0 spiro atoms. The Labute approximate surface area is 181 Å². The molecule has 1 N–H and O–H groups in total. The predicted octanol–water partition coefficient (Wildman–Crippen LogP) is 1.49. The molecule has 0 unspecified atom stereocenters. The van der Waals surface area contributed by atoms with Crippen molar-refractivity contribution in [2.24, 2.45) is 0 Å². The van der Waals surface area contributed by atoms with Crippen molar-refractivity contribution in [1.29, 1.82) is 0 Å². The van der Waals surface area contributed by atoms with Gasteiger partial charge in [0.1, 0.15) is 5.82 Å². The number of nitrogens with zero attached hydrogens (tertiary/aromatic N) is 5. The first kappa shape index (κ1) is 20.1. The van der Waals surface area contributed by atoms with Crippen LogP contribution in [0, 0.1) is 5.82 Å². The van der Waals surface area contributed by atoms with Gasteiger partial charge in [0.05, 0.1) is 38.8 Å². The van der Waals surface area contributed by atoms with Crippen LogP contribution in [0.25, 0.3) is 0 Å². The van der Waals surface area contributed by atoms with Crippen molar-refractivity contribution in [1.82, 2.24) is 20.2 Å². The molecule has 3 heterocycles. The van der Waals surface area contributed by atoms with E-state index in [0.717, 1.165) is 57.1 Å². The van der Waals surface area contributed by atoms with Gasteiger partial charge in [0.15, 0.2) is 6.04 Å². The Morgan fingerprint density at radius 2 is 1.84 bits per heavy atom. The van der Waals surface area contributed by atoms with Gasteiger partial charge in [-0.25, -0.2) is 9.07 Å². The fourth-order valence-electron chi connectivity index (χ4n) is 4.74. The molecule has 0 amide bonds. The molecule has 31 heavy (non-hydrogen) atoms. The average Bonchev–Trinajstić information content (AvgIpc) is 3.49. The van der Waals surface area contributed by atoms with Gasteiger partial charge in [-0.1, -0.05) is 30.3 Å². The Bertz CT molecular complexity index is 965. The van der Waals surface area contributed by atoms with Crippen LogP contribution in [-0.4, -0.2) is 59.1 Å². The normalized spacial score (nSPS) is 20.8. The Balaban J connectivity index is 1.37. The maximum Gasteiger partial charge on any atom is 0.214 e. The van der Waals surface area contributed by atoms with Crippen molar-refractivity contribution >= 4 is 5.69 Å². The number of anilines is 1. The second kappa shape index (κ2) is 9.11. The molecule has 2 saturated heterocycles. The Hall–Kier alpha value is -2.84. The zero-order valence-electron chi connectivity index (χ0n) is 17.5. The van der Waals surface area contributed by atoms with Crippen LogP contribution in [0.4, 0.5) is 10.1 Å². The van der Waals surface area contributed by atoms with E-state index in [2.05, 4.69) is 44.7 Å². The van der Waals surface area contributed by atoms with Crippen LogP contribution in [0.5, 0.6) is 0 Å². The largest absolute Gasteiger partial charge is 0.376 e. The molecule has 7 nitrogen and oxygen atoms in total. The number of tetrazole rings is 1. The first-order valence-electron chi connectivity index (χ1n) is 11.1. The first-order valence-corrected chi connectivity index (χ1v) is 11.1. The number of nitrogens with one attached hydrogen (secondary N) is 1. The van der Waals surface area contributed by atoms with Crippen molar-refractivity contribution in [3.63, 3.8) is 0 Å². The lowest BCUT2D eigenvalue weighted by atomic mass is 10.0. The lowest BCUT2D eigenvalue weighted by molar-refractivity contribution is -0.927. The summed E-state index contributed by atoms with van der Waals surface area (Å²) in [6.07, 6.45) is 2.34. The van der Waals surface area contributed by atoms with E-state index in [1.165, 1.54) is 22.6 Å². The molecule has 0 aliphatic carbocycles. The lowest BCUT2D eigenvalue weighted by Gasteiger charge is -2.37. The summed E-state index contributed by atoms with van der Waals surface area (Å²) in [5.74, 6) is 0.696. The summed E-state index contributed by atoms with van der Waals surface area (Å²) >= 11 is 0. The minimum Gasteiger partial charge on any atom is -0.376 e. The molecule has 1 aromatic heterocycles. The molecule has 2 aliphatic heterocycles. The van der Waals surface area contributed by atoms with E-state index in [1.807, 2.05) is 22.9 Å². The molecule has 2 fully saturated rings. The molecule has 0 bridgehead atoms. The fourth-order valence-corrected chi connectivity index (χ4v) is 4.74. The molecular weight excluding hydrogens is 395 g/mol. The summed E-state index contributed by atoms with van der Waals surface area (Å²) in [5.41, 5.74) is 2.29. The number of hydrogen-bond acceptors (Lipinski definition) is 5. The monoisotopic (exact) mass is 423 g/mol. The Morgan fingerprint density at radius 1 is 1.06 bits per heavy atom. The molecule has 0 radical (unpaired) electrons. The van der Waals surface area contributed by atoms with Gasteiger partial charge in [-0.3, -0.25) is 0 Å². The third kappa shape index (κ3) is 4.45. The molecular formula is C23H28FN6O+. The number of aromatic nitrogens is 4. The minimum absolute atomic E-state index is 0.0629. The molecule has 2 aliphatic rings. The lowest BCUT2D eigenvalue weighted by Crippen LogP contribution is -3.15. The van der Waals surface area contributed by atoms with Gasteiger partial charge in [0.25, 0.3) is 0 Å². The topological polar surface area (TPSA) is 60.5 Å². The van der Waals surface area contributed by atoms with E-state index in [1.54, 1.807) is 0 Å². The van der Waals surface area contributed by atoms with Crippen molar-refractivity contribution < 1.29 is 14.0 Å². The highest BCUT2D eigenvalue weighted by Gasteiger charge is 2.34. The van der Waals surface area contributed by atoms with Crippen LogP contribution in [0.15, 0.2) is 54.6 Å². The number of rotatable bonds is 6. The molecule has 8 heteroatoms. The average molecular weight is 424 g/mol. The standard InChI is InChI=1S/C23H27FN6O/c24-19-8-10-20(11-9-19)28-12-14-29(15-13-28)22(18-5-2-1-3-6-18)23-25-26-27-30(23)17-21-7-4-16-31-21/h1-3,5-6,8-11,21-22H,4,7,12-17H2/p+1/t21-,22-/m1/s1. The number of ether oxygens (including phenoxy) is 1. The summed E-state index contributed by atoms with van der Waals surface area (Å²) in [5, 5.41) is 12.8. The maximum atomic E-state index is 13.3. The molecule has 5 rings (SSSR count). The second-order valence-electron chi connectivity index (χ2n) is 8.32. The highest BCUT2D eigenvalue weighted by Crippen LogP contribution is 2.21. The zero-order valence-corrected chi connectivity index (χ0v) is 17.5. The third-order valence-corrected chi connectivity index (χ3v) is 6.36. The van der Waals surface area contributed by atoms with Gasteiger partial charge in [-0.15, -0.1) is 5.10 Å². The quantitative estimate of drug-likeness (QED) is 0.651. The van der Waals surface area contributed by atoms with E-state index in [4.69, 9.17) is 4.74 Å². The fraction of sp³-hybridized carbons (Fsp3) is 0.435. The van der Waals surface area contributed by atoms with Crippen molar-refractivity contribution in [3.8, 4) is 0 Å². The molecule has 0 saturated carbocycles. The van der Waals surface area contributed by atoms with Gasteiger partial charge in [0.2, 0.25) is 5.82 Å². The molecule has 3 aromatic rings. The molecule has 2 atom stereocenters. The van der Waals surface area contributed by atoms with E-state index in [9.17, 15) is 4.39 Å². The van der Waals surface area contributed by atoms with Gasteiger partial charge in [0, 0.05) is 17.9 Å². The van der Waals surface area contributed by atoms with Gasteiger partial charge in [-0.2, -0.15) is 0 Å². The number of piperazine rings is 1. The van der Waals surface area contributed by atoms with Crippen molar-refractivity contribution in [3.05, 3.63) is 71.8 Å². The van der Waals surface area contributed by atoms with Crippen LogP contribution in [0.2, 0.25) is 0 Å². The SMILES string of the molecule is Fc1ccc(N2CC[NH+]([C@H](c3ccccc3)c3nnnn3C[C@H]3CCCO3)CC2)cc1. The maximum absolute atomic E-state index is 13.3. The second-order valence-corrected chi connectivity index (χ2v) is 8.32. The molecule has 2 aromatic carbocycles. The molecule has 162 valence electrons. The van der Waals surface area contributed by atoms with Crippen LogP contribution in [0.1, 0.15) is 30.3 Å². The predicted molar refractivity (Wildman–Crippen MR) is 114 cm³/mol. The third-order valence-electron chi connectivity index (χ3n) is 6.36. The Morgan fingerprint density at radius 3 is 2.55 bits per heavy atom. The van der Waals surface area contributed by atoms with E-state index in [0.29, 0.717) is 6.54 Å². The van der Waals surface area contributed by atoms with Crippen LogP contribution < -0.4 is 9.80 Å². The summed E-state index contributed by atoms with van der Waals surface area (Å²) in [6, 6.07) is 17.3. The highest BCUT2D eigenvalue weighted by atomic mass is 19.1. The highest BCUT2D eigenvalue weighted by molar-refractivity contribution is 5.46. The number of benzene rings is 2. The number of quaternary nitrogens is 1. The van der Waals surface area contributed by atoms with Crippen LogP contribution >= 0.6 is 0 Å². The van der Waals surface area contributed by atoms with Gasteiger partial charge >= 0.3 is 0 Å². The van der Waals surface area contributed by atoms with Crippen molar-refractivity contribution in [2.75, 3.05) is 37.7 Å². The van der Waals surface area contributed by atoms with E-state index < -0.39 is 0 Å². The van der Waals surface area contributed by atoms with E-state index in [-0.39, 0.29) is 18.0 Å². The first-order chi connectivity index (χ1) is 15.3. The summed E-state index contributed by atoms with van der Waals surface area (Å²) in [4.78, 5) is 3.76. The number of hydrogen-bond donors (Lipinski definition) is 1. The van der Waals surface area contributed by atoms with E-state index >= 15 is 0 Å².